The van der Waals surface area contributed by atoms with E-state index in [0.717, 1.165) is 16.1 Å². The molecular weight excluding hydrogens is 252 g/mol. The van der Waals surface area contributed by atoms with Gasteiger partial charge in [0, 0.05) is 12.6 Å². The monoisotopic (exact) mass is 264 g/mol. The lowest BCUT2D eigenvalue weighted by atomic mass is 10.1. The smallest absolute Gasteiger partial charge is 0.112 e. The second-order valence-electron chi connectivity index (χ2n) is 3.67. The quantitative estimate of drug-likeness (QED) is 0.772. The molecule has 15 heavy (non-hydrogen) atoms. The Labute approximate surface area is 98.1 Å². The molecule has 0 spiro atoms. The molecule has 0 fully saturated rings. The SMILES string of the molecule is Cc1ccccc1-c1nc(C)n(C)c1Br. The van der Waals surface area contributed by atoms with Crippen LogP contribution in [0.1, 0.15) is 11.4 Å². The molecule has 0 amide bonds. The van der Waals surface area contributed by atoms with E-state index in [2.05, 4.69) is 40.0 Å². The number of hydrogen-bond donors (Lipinski definition) is 0. The van der Waals surface area contributed by atoms with Gasteiger partial charge < -0.3 is 4.57 Å². The molecule has 78 valence electrons. The summed E-state index contributed by atoms with van der Waals surface area (Å²) in [5, 5.41) is 0. The van der Waals surface area contributed by atoms with Crippen molar-refractivity contribution in [2.45, 2.75) is 13.8 Å². The summed E-state index contributed by atoms with van der Waals surface area (Å²) < 4.78 is 3.08. The molecule has 1 aromatic carbocycles. The maximum atomic E-state index is 4.56. The standard InChI is InChI=1S/C12H13BrN2/c1-8-6-4-5-7-10(8)11-12(13)15(3)9(2)14-11/h4-7H,1-3H3. The Kier molecular flexibility index (Phi) is 2.65. The van der Waals surface area contributed by atoms with E-state index in [1.807, 2.05) is 30.7 Å². The van der Waals surface area contributed by atoms with Crippen LogP contribution in [0.25, 0.3) is 11.3 Å². The number of benzene rings is 1. The zero-order chi connectivity index (χ0) is 11.0. The van der Waals surface area contributed by atoms with Crippen molar-refractivity contribution in [1.29, 1.82) is 0 Å². The highest BCUT2D eigenvalue weighted by molar-refractivity contribution is 9.10. The molecule has 0 aliphatic rings. The van der Waals surface area contributed by atoms with Crippen molar-refractivity contribution in [3.8, 4) is 11.3 Å². The number of imidazole rings is 1. The first-order valence-electron chi connectivity index (χ1n) is 4.86. The lowest BCUT2D eigenvalue weighted by Gasteiger charge is -2.02. The summed E-state index contributed by atoms with van der Waals surface area (Å²) in [6, 6.07) is 8.29. The number of hydrogen-bond acceptors (Lipinski definition) is 1. The average Bonchev–Trinajstić information content (AvgIpc) is 2.47. The Morgan fingerprint density at radius 2 is 1.87 bits per heavy atom. The predicted molar refractivity (Wildman–Crippen MR) is 65.8 cm³/mol. The molecule has 3 heteroatoms. The third-order valence-corrected chi connectivity index (χ3v) is 3.56. The van der Waals surface area contributed by atoms with Gasteiger partial charge in [0.15, 0.2) is 0 Å². The molecule has 1 aromatic heterocycles. The Morgan fingerprint density at radius 1 is 1.20 bits per heavy atom. The number of aryl methyl sites for hydroxylation is 2. The van der Waals surface area contributed by atoms with Crippen LogP contribution in [0.5, 0.6) is 0 Å². The van der Waals surface area contributed by atoms with Crippen LogP contribution in [-0.2, 0) is 7.05 Å². The van der Waals surface area contributed by atoms with E-state index in [9.17, 15) is 0 Å². The van der Waals surface area contributed by atoms with Crippen LogP contribution in [0.3, 0.4) is 0 Å². The van der Waals surface area contributed by atoms with Gasteiger partial charge in [-0.1, -0.05) is 24.3 Å². The largest absolute Gasteiger partial charge is 0.326 e. The summed E-state index contributed by atoms with van der Waals surface area (Å²) in [5.74, 6) is 1.01. The van der Waals surface area contributed by atoms with E-state index < -0.39 is 0 Å². The van der Waals surface area contributed by atoms with Gasteiger partial charge in [0.25, 0.3) is 0 Å². The van der Waals surface area contributed by atoms with Crippen LogP contribution in [0.4, 0.5) is 0 Å². The van der Waals surface area contributed by atoms with E-state index in [4.69, 9.17) is 0 Å². The van der Waals surface area contributed by atoms with Crippen molar-refractivity contribution in [3.05, 3.63) is 40.3 Å². The highest BCUT2D eigenvalue weighted by Gasteiger charge is 2.12. The molecule has 0 bridgehead atoms. The topological polar surface area (TPSA) is 17.8 Å². The van der Waals surface area contributed by atoms with Crippen molar-refractivity contribution in [2.75, 3.05) is 0 Å². The molecule has 0 saturated carbocycles. The Morgan fingerprint density at radius 3 is 2.40 bits per heavy atom. The average molecular weight is 265 g/mol. The van der Waals surface area contributed by atoms with Crippen molar-refractivity contribution < 1.29 is 0 Å². The maximum Gasteiger partial charge on any atom is 0.112 e. The first-order valence-corrected chi connectivity index (χ1v) is 5.65. The maximum absolute atomic E-state index is 4.56. The molecule has 2 aromatic rings. The van der Waals surface area contributed by atoms with Gasteiger partial charge in [-0.05, 0) is 35.3 Å². The van der Waals surface area contributed by atoms with Gasteiger partial charge in [0.05, 0.1) is 0 Å². The van der Waals surface area contributed by atoms with E-state index in [-0.39, 0.29) is 0 Å². The van der Waals surface area contributed by atoms with Gasteiger partial charge in [-0.15, -0.1) is 0 Å². The third-order valence-electron chi connectivity index (χ3n) is 2.65. The van der Waals surface area contributed by atoms with Crippen LogP contribution in [-0.4, -0.2) is 9.55 Å². The summed E-state index contributed by atoms with van der Waals surface area (Å²) in [5.41, 5.74) is 3.46. The normalized spacial score (nSPS) is 10.7. The molecule has 0 saturated heterocycles. The van der Waals surface area contributed by atoms with Crippen LogP contribution in [0, 0.1) is 13.8 Å². The molecule has 0 N–H and O–H groups in total. The summed E-state index contributed by atoms with van der Waals surface area (Å²) in [4.78, 5) is 4.56. The lowest BCUT2D eigenvalue weighted by molar-refractivity contribution is 0.840. The number of rotatable bonds is 1. The molecule has 0 unspecified atom stereocenters. The van der Waals surface area contributed by atoms with Crippen LogP contribution >= 0.6 is 15.9 Å². The first kappa shape index (κ1) is 10.4. The number of nitrogens with zero attached hydrogens (tertiary/aromatic N) is 2. The Bertz CT molecular complexity index is 500. The van der Waals surface area contributed by atoms with Crippen molar-refractivity contribution in [3.63, 3.8) is 0 Å². The third kappa shape index (κ3) is 1.72. The summed E-state index contributed by atoms with van der Waals surface area (Å²) in [7, 11) is 2.01. The lowest BCUT2D eigenvalue weighted by Crippen LogP contribution is -1.90. The zero-order valence-corrected chi connectivity index (χ0v) is 10.7. The molecule has 2 nitrogen and oxygen atoms in total. The number of halogens is 1. The Hall–Kier alpha value is -1.09. The van der Waals surface area contributed by atoms with E-state index in [1.165, 1.54) is 11.1 Å². The second-order valence-corrected chi connectivity index (χ2v) is 4.42. The van der Waals surface area contributed by atoms with Crippen molar-refractivity contribution in [1.82, 2.24) is 9.55 Å². The minimum atomic E-state index is 1.01. The van der Waals surface area contributed by atoms with Crippen LogP contribution in [0.15, 0.2) is 28.9 Å². The van der Waals surface area contributed by atoms with Gasteiger partial charge >= 0.3 is 0 Å². The van der Waals surface area contributed by atoms with Crippen LogP contribution in [0.2, 0.25) is 0 Å². The first-order chi connectivity index (χ1) is 7.11. The second kappa shape index (κ2) is 3.81. The highest BCUT2D eigenvalue weighted by Crippen LogP contribution is 2.29. The fourth-order valence-corrected chi connectivity index (χ4v) is 2.15. The van der Waals surface area contributed by atoms with Gasteiger partial charge in [-0.3, -0.25) is 0 Å². The molecule has 0 atom stereocenters. The minimum Gasteiger partial charge on any atom is -0.326 e. The van der Waals surface area contributed by atoms with E-state index in [0.29, 0.717) is 0 Å². The fourth-order valence-electron chi connectivity index (χ4n) is 1.59. The summed E-state index contributed by atoms with van der Waals surface area (Å²) >= 11 is 3.57. The highest BCUT2D eigenvalue weighted by atomic mass is 79.9. The van der Waals surface area contributed by atoms with Crippen LogP contribution < -0.4 is 0 Å². The molecule has 0 aliphatic carbocycles. The summed E-state index contributed by atoms with van der Waals surface area (Å²) in [6.07, 6.45) is 0. The molecule has 0 aliphatic heterocycles. The number of aromatic nitrogens is 2. The van der Waals surface area contributed by atoms with Crippen molar-refractivity contribution >= 4 is 15.9 Å². The van der Waals surface area contributed by atoms with Gasteiger partial charge in [-0.2, -0.15) is 0 Å². The molecule has 2 rings (SSSR count). The fraction of sp³-hybridized carbons (Fsp3) is 0.250. The molecule has 1 heterocycles. The molecular formula is C12H13BrN2. The molecule has 0 radical (unpaired) electrons. The Balaban J connectivity index is 2.65. The van der Waals surface area contributed by atoms with Gasteiger partial charge in [0.2, 0.25) is 0 Å². The van der Waals surface area contributed by atoms with E-state index in [1.54, 1.807) is 0 Å². The minimum absolute atomic E-state index is 1.01. The summed E-state index contributed by atoms with van der Waals surface area (Å²) in [6.45, 7) is 4.11. The van der Waals surface area contributed by atoms with Gasteiger partial charge in [-0.25, -0.2) is 4.98 Å². The predicted octanol–water partition coefficient (Wildman–Crippen LogP) is 3.47. The zero-order valence-electron chi connectivity index (χ0n) is 9.08. The van der Waals surface area contributed by atoms with E-state index >= 15 is 0 Å². The van der Waals surface area contributed by atoms with Gasteiger partial charge in [0.1, 0.15) is 16.1 Å². The van der Waals surface area contributed by atoms with Crippen molar-refractivity contribution in [2.24, 2.45) is 7.05 Å².